The summed E-state index contributed by atoms with van der Waals surface area (Å²) in [5, 5.41) is 21.5. The largest absolute Gasteiger partial charge is 0.511 e. The summed E-state index contributed by atoms with van der Waals surface area (Å²) in [6, 6.07) is 9.64. The van der Waals surface area contributed by atoms with Crippen molar-refractivity contribution in [2.75, 3.05) is 13.1 Å². The molecule has 8 nitrogen and oxygen atoms in total. The number of amides is 2. The number of aromatic nitrogens is 1. The Morgan fingerprint density at radius 1 is 1.26 bits per heavy atom. The minimum Gasteiger partial charge on any atom is -0.511 e. The predicted molar refractivity (Wildman–Crippen MR) is 97.9 cm³/mol. The Morgan fingerprint density at radius 3 is 2.70 bits per heavy atom. The molecule has 9 heteroatoms. The van der Waals surface area contributed by atoms with Crippen LogP contribution in [0.25, 0.3) is 10.6 Å². The maximum Gasteiger partial charge on any atom is 0.322 e. The van der Waals surface area contributed by atoms with E-state index in [4.69, 9.17) is 5.11 Å². The minimum absolute atomic E-state index is 0.131. The second kappa shape index (κ2) is 8.00. The fraction of sp³-hybridized carbons (Fsp3) is 0.222. The van der Waals surface area contributed by atoms with Gasteiger partial charge in [-0.3, -0.25) is 14.4 Å². The number of nitrogens with one attached hydrogen (secondary N) is 1. The van der Waals surface area contributed by atoms with Crippen molar-refractivity contribution in [2.24, 2.45) is 0 Å². The maximum absolute atomic E-state index is 12.6. The van der Waals surface area contributed by atoms with Crippen LogP contribution in [0, 0.1) is 0 Å². The van der Waals surface area contributed by atoms with Gasteiger partial charge in [-0.2, -0.15) is 0 Å². The number of carbonyl (C=O) groups excluding carboxylic acids is 2. The van der Waals surface area contributed by atoms with E-state index in [2.05, 4.69) is 10.3 Å². The summed E-state index contributed by atoms with van der Waals surface area (Å²) >= 11 is 1.44. The van der Waals surface area contributed by atoms with Gasteiger partial charge in [0.1, 0.15) is 22.9 Å². The van der Waals surface area contributed by atoms with Gasteiger partial charge in [0.2, 0.25) is 0 Å². The number of rotatable bonds is 6. The van der Waals surface area contributed by atoms with Crippen molar-refractivity contribution in [3.05, 3.63) is 52.7 Å². The number of aliphatic carboxylic acids is 1. The van der Waals surface area contributed by atoms with E-state index in [-0.39, 0.29) is 25.3 Å². The Labute approximate surface area is 158 Å². The highest BCUT2D eigenvalue weighted by Gasteiger charge is 2.32. The van der Waals surface area contributed by atoms with Gasteiger partial charge < -0.3 is 20.4 Å². The van der Waals surface area contributed by atoms with Crippen LogP contribution in [0.5, 0.6) is 0 Å². The monoisotopic (exact) mass is 387 g/mol. The van der Waals surface area contributed by atoms with E-state index >= 15 is 0 Å². The molecular weight excluding hydrogens is 370 g/mol. The first-order valence-corrected chi connectivity index (χ1v) is 8.99. The summed E-state index contributed by atoms with van der Waals surface area (Å²) in [6.45, 7) is -0.108. The van der Waals surface area contributed by atoms with Crippen LogP contribution in [0.4, 0.5) is 0 Å². The van der Waals surface area contributed by atoms with E-state index in [1.165, 1.54) is 16.2 Å². The van der Waals surface area contributed by atoms with Gasteiger partial charge in [-0.05, 0) is 0 Å². The fourth-order valence-electron chi connectivity index (χ4n) is 2.66. The van der Waals surface area contributed by atoms with Gasteiger partial charge in [-0.1, -0.05) is 30.3 Å². The average Bonchev–Trinajstić information content (AvgIpc) is 3.12. The lowest BCUT2D eigenvalue weighted by atomic mass is 10.1. The third kappa shape index (κ3) is 4.32. The Hall–Kier alpha value is -3.20. The third-order valence-corrected chi connectivity index (χ3v) is 4.99. The highest BCUT2D eigenvalue weighted by molar-refractivity contribution is 7.15. The lowest BCUT2D eigenvalue weighted by molar-refractivity contribution is -0.138. The van der Waals surface area contributed by atoms with Gasteiger partial charge in [0.15, 0.2) is 0 Å². The summed E-state index contributed by atoms with van der Waals surface area (Å²) in [4.78, 5) is 41.9. The van der Waals surface area contributed by atoms with E-state index in [9.17, 15) is 19.5 Å². The molecule has 0 unspecified atom stereocenters. The molecule has 0 aliphatic carbocycles. The molecule has 2 amide bonds. The molecule has 0 saturated carbocycles. The first kappa shape index (κ1) is 18.6. The molecule has 140 valence electrons. The number of hydrogen-bond donors (Lipinski definition) is 3. The van der Waals surface area contributed by atoms with Crippen LogP contribution in [0.2, 0.25) is 0 Å². The molecular formula is C18H17N3O5S. The molecule has 1 aromatic heterocycles. The number of thiazole rings is 1. The molecule has 0 saturated heterocycles. The normalized spacial score (nSPS) is 14.4. The quantitative estimate of drug-likeness (QED) is 0.647. The van der Waals surface area contributed by atoms with E-state index in [0.29, 0.717) is 0 Å². The van der Waals surface area contributed by atoms with Gasteiger partial charge in [-0.15, -0.1) is 11.3 Å². The van der Waals surface area contributed by atoms with Crippen molar-refractivity contribution in [1.82, 2.24) is 15.2 Å². The highest BCUT2D eigenvalue weighted by atomic mass is 32.1. The van der Waals surface area contributed by atoms with E-state index < -0.39 is 29.9 Å². The van der Waals surface area contributed by atoms with Crippen molar-refractivity contribution < 1.29 is 24.6 Å². The number of aliphatic hydroxyl groups excluding tert-OH is 1. The molecule has 3 rings (SSSR count). The Morgan fingerprint density at radius 2 is 2.00 bits per heavy atom. The minimum atomic E-state index is -1.23. The predicted octanol–water partition coefficient (Wildman–Crippen LogP) is 1.56. The Kier molecular flexibility index (Phi) is 5.51. The molecule has 0 bridgehead atoms. The SMILES string of the molecule is O=C(O)CNC(=O)C1=C(O)CCN(Cc2cnc(-c3ccccc3)s2)C1=O. The van der Waals surface area contributed by atoms with Crippen LogP contribution < -0.4 is 5.32 Å². The highest BCUT2D eigenvalue weighted by Crippen LogP contribution is 2.27. The first-order chi connectivity index (χ1) is 13.0. The molecule has 2 heterocycles. The van der Waals surface area contributed by atoms with Crippen LogP contribution in [0.3, 0.4) is 0 Å². The zero-order chi connectivity index (χ0) is 19.4. The molecule has 1 aliphatic rings. The van der Waals surface area contributed by atoms with Crippen molar-refractivity contribution in [3.8, 4) is 10.6 Å². The van der Waals surface area contributed by atoms with Crippen LogP contribution in [0.15, 0.2) is 47.9 Å². The zero-order valence-corrected chi connectivity index (χ0v) is 15.0. The van der Waals surface area contributed by atoms with Gasteiger partial charge >= 0.3 is 5.97 Å². The summed E-state index contributed by atoms with van der Waals surface area (Å²) in [5.41, 5.74) is 0.570. The molecule has 27 heavy (non-hydrogen) atoms. The van der Waals surface area contributed by atoms with Crippen molar-refractivity contribution >= 4 is 29.1 Å². The molecule has 1 aromatic carbocycles. The fourth-order valence-corrected chi connectivity index (χ4v) is 3.59. The van der Waals surface area contributed by atoms with Crippen molar-refractivity contribution in [3.63, 3.8) is 0 Å². The van der Waals surface area contributed by atoms with E-state index in [0.717, 1.165) is 15.4 Å². The molecule has 0 fully saturated rings. The molecule has 1 aliphatic heterocycles. The number of aliphatic hydroxyl groups is 1. The average molecular weight is 387 g/mol. The smallest absolute Gasteiger partial charge is 0.322 e. The lowest BCUT2D eigenvalue weighted by Gasteiger charge is -2.27. The second-order valence-corrected chi connectivity index (χ2v) is 6.99. The molecule has 2 aromatic rings. The van der Waals surface area contributed by atoms with Crippen molar-refractivity contribution in [1.29, 1.82) is 0 Å². The zero-order valence-electron chi connectivity index (χ0n) is 14.2. The summed E-state index contributed by atoms with van der Waals surface area (Å²) in [5.74, 6) is -3.08. The second-order valence-electron chi connectivity index (χ2n) is 5.87. The number of benzene rings is 1. The van der Waals surface area contributed by atoms with Crippen LogP contribution in [-0.2, 0) is 20.9 Å². The van der Waals surface area contributed by atoms with Gasteiger partial charge in [0.25, 0.3) is 11.8 Å². The molecule has 3 N–H and O–H groups in total. The standard InChI is InChI=1S/C18H17N3O5S/c22-13-6-7-21(18(26)15(13)16(25)19-9-14(23)24)10-12-8-20-17(27-12)11-4-2-1-3-5-11/h1-5,8,22H,6-7,9-10H2,(H,19,25)(H,23,24). The number of nitrogens with zero attached hydrogens (tertiary/aromatic N) is 2. The lowest BCUT2D eigenvalue weighted by Crippen LogP contribution is -2.43. The first-order valence-electron chi connectivity index (χ1n) is 8.17. The maximum atomic E-state index is 12.6. The van der Waals surface area contributed by atoms with Gasteiger partial charge in [0.05, 0.1) is 6.54 Å². The molecule has 0 spiro atoms. The summed E-state index contributed by atoms with van der Waals surface area (Å²) < 4.78 is 0. The summed E-state index contributed by atoms with van der Waals surface area (Å²) in [6.07, 6.45) is 1.81. The number of carboxylic acids is 1. The topological polar surface area (TPSA) is 120 Å². The van der Waals surface area contributed by atoms with Crippen molar-refractivity contribution in [2.45, 2.75) is 13.0 Å². The Bertz CT molecular complexity index is 907. The van der Waals surface area contributed by atoms with E-state index in [1.54, 1.807) is 6.20 Å². The molecule has 0 atom stereocenters. The van der Waals surface area contributed by atoms with Gasteiger partial charge in [-0.25, -0.2) is 4.98 Å². The van der Waals surface area contributed by atoms with Crippen LogP contribution in [-0.4, -0.2) is 51.0 Å². The third-order valence-electron chi connectivity index (χ3n) is 3.96. The number of carboxylic acid groups (broad SMARTS) is 1. The van der Waals surface area contributed by atoms with E-state index in [1.807, 2.05) is 30.3 Å². The summed E-state index contributed by atoms with van der Waals surface area (Å²) in [7, 11) is 0. The van der Waals surface area contributed by atoms with Crippen LogP contribution in [0.1, 0.15) is 11.3 Å². The van der Waals surface area contributed by atoms with Crippen LogP contribution >= 0.6 is 11.3 Å². The number of carbonyl (C=O) groups is 3. The Balaban J connectivity index is 1.71. The molecule has 0 radical (unpaired) electrons. The number of hydrogen-bond acceptors (Lipinski definition) is 6. The van der Waals surface area contributed by atoms with Gasteiger partial charge in [0, 0.05) is 29.6 Å².